The van der Waals surface area contributed by atoms with E-state index < -0.39 is 27.9 Å². The molecule has 5 rings (SSSR count). The summed E-state index contributed by atoms with van der Waals surface area (Å²) in [6.07, 6.45) is 4.35. The third kappa shape index (κ3) is 3.35. The van der Waals surface area contributed by atoms with Crippen LogP contribution in [0.25, 0.3) is 0 Å². The average Bonchev–Trinajstić information content (AvgIpc) is 3.44. The second kappa shape index (κ2) is 7.80. The zero-order valence-corrected chi connectivity index (χ0v) is 20.4. The smallest absolute Gasteiger partial charge is 0.310 e. The van der Waals surface area contributed by atoms with Crippen LogP contribution in [0.1, 0.15) is 51.5 Å². The van der Waals surface area contributed by atoms with E-state index in [0.29, 0.717) is 12.3 Å². The Morgan fingerprint density at radius 1 is 1.18 bits per heavy atom. The van der Waals surface area contributed by atoms with Gasteiger partial charge in [-0.15, -0.1) is 0 Å². The first-order valence-electron chi connectivity index (χ1n) is 12.0. The van der Waals surface area contributed by atoms with Crippen LogP contribution in [0.15, 0.2) is 30.3 Å². The molecule has 4 aliphatic rings. The molecule has 2 aliphatic carbocycles. The van der Waals surface area contributed by atoms with Gasteiger partial charge in [0.1, 0.15) is 0 Å². The van der Waals surface area contributed by atoms with Crippen LogP contribution in [-0.4, -0.2) is 55.6 Å². The Kier molecular flexibility index (Phi) is 5.40. The van der Waals surface area contributed by atoms with E-state index >= 15 is 0 Å². The van der Waals surface area contributed by atoms with Crippen molar-refractivity contribution in [2.75, 3.05) is 12.9 Å². The number of hydrogen-bond donors (Lipinski definition) is 1. The number of rotatable bonds is 5. The van der Waals surface area contributed by atoms with Crippen LogP contribution in [0.2, 0.25) is 0 Å². The SMILES string of the molecule is COC(=O)[C@@H]1C[C@H](C(=O)N2[C@H]3C[C@@H]4CC[C@@]3(CS2(=O)=O)C4(C)C)N[C@@H]1CCc1ccccc1. The number of benzene rings is 1. The van der Waals surface area contributed by atoms with Crippen LogP contribution in [0.5, 0.6) is 0 Å². The van der Waals surface area contributed by atoms with E-state index in [4.69, 9.17) is 4.74 Å². The van der Waals surface area contributed by atoms with E-state index in [2.05, 4.69) is 19.2 Å². The van der Waals surface area contributed by atoms with Crippen molar-refractivity contribution >= 4 is 21.9 Å². The minimum absolute atomic E-state index is 0.0600. The standard InChI is InChI=1S/C25H34N2O5S/c1-24(2)17-11-12-25(24)15-33(30,31)27(21(25)13-17)22(28)20-14-18(23(29)32-3)19(26-20)10-9-16-7-5-4-6-8-16/h4-8,17-21,26H,9-15H2,1-3H3/t17-,18+,19+,20+,21-,25-/m0/s1. The number of nitrogens with zero attached hydrogens (tertiary/aromatic N) is 1. The number of hydrogen-bond acceptors (Lipinski definition) is 6. The van der Waals surface area contributed by atoms with Crippen molar-refractivity contribution in [3.63, 3.8) is 0 Å². The lowest BCUT2D eigenvalue weighted by atomic mass is 9.69. The fourth-order valence-corrected chi connectivity index (χ4v) is 10.0. The highest BCUT2D eigenvalue weighted by atomic mass is 32.2. The number of fused-ring (bicyclic) bond motifs is 1. The molecule has 2 heterocycles. The number of sulfonamides is 1. The maximum atomic E-state index is 13.7. The first-order valence-corrected chi connectivity index (χ1v) is 13.7. The molecule has 1 spiro atoms. The molecule has 0 unspecified atom stereocenters. The minimum atomic E-state index is -3.69. The van der Waals surface area contributed by atoms with Crippen LogP contribution in [0.4, 0.5) is 0 Å². The van der Waals surface area contributed by atoms with Gasteiger partial charge in [-0.1, -0.05) is 44.2 Å². The van der Waals surface area contributed by atoms with Crippen LogP contribution in [0.3, 0.4) is 0 Å². The Bertz CT molecular complexity index is 1060. The monoisotopic (exact) mass is 474 g/mol. The van der Waals surface area contributed by atoms with Crippen molar-refractivity contribution in [2.24, 2.45) is 22.7 Å². The lowest BCUT2D eigenvalue weighted by Crippen LogP contribution is -2.50. The van der Waals surface area contributed by atoms with Crippen LogP contribution < -0.4 is 5.32 Å². The highest BCUT2D eigenvalue weighted by Crippen LogP contribution is 2.70. The van der Waals surface area contributed by atoms with E-state index in [1.165, 1.54) is 11.4 Å². The largest absolute Gasteiger partial charge is 0.469 e. The van der Waals surface area contributed by atoms with E-state index in [-0.39, 0.29) is 41.1 Å². The van der Waals surface area contributed by atoms with E-state index in [9.17, 15) is 18.0 Å². The fourth-order valence-electron chi connectivity index (χ4n) is 7.43. The maximum Gasteiger partial charge on any atom is 0.310 e. The zero-order valence-electron chi connectivity index (χ0n) is 19.6. The molecular weight excluding hydrogens is 440 g/mol. The van der Waals surface area contributed by atoms with Gasteiger partial charge in [-0.25, -0.2) is 12.7 Å². The molecule has 7 nitrogen and oxygen atoms in total. The summed E-state index contributed by atoms with van der Waals surface area (Å²) < 4.78 is 32.8. The fraction of sp³-hybridized carbons (Fsp3) is 0.680. The first kappa shape index (κ1) is 22.8. The molecule has 2 bridgehead atoms. The molecule has 8 heteroatoms. The molecule has 2 saturated carbocycles. The third-order valence-corrected chi connectivity index (χ3v) is 11.3. The van der Waals surface area contributed by atoms with Crippen molar-refractivity contribution in [3.8, 4) is 0 Å². The summed E-state index contributed by atoms with van der Waals surface area (Å²) in [7, 11) is -2.33. The summed E-state index contributed by atoms with van der Waals surface area (Å²) in [5.74, 6) is -0.700. The van der Waals surface area contributed by atoms with Crippen LogP contribution in [0, 0.1) is 22.7 Å². The van der Waals surface area contributed by atoms with Crippen molar-refractivity contribution in [1.82, 2.24) is 9.62 Å². The molecule has 4 fully saturated rings. The molecule has 1 amide bonds. The first-order chi connectivity index (χ1) is 15.6. The van der Waals surface area contributed by atoms with Gasteiger partial charge in [-0.2, -0.15) is 0 Å². The predicted molar refractivity (Wildman–Crippen MR) is 124 cm³/mol. The Morgan fingerprint density at radius 3 is 2.58 bits per heavy atom. The highest BCUT2D eigenvalue weighted by molar-refractivity contribution is 7.90. The van der Waals surface area contributed by atoms with E-state index in [1.807, 2.05) is 30.3 Å². The number of ether oxygens (including phenoxy) is 1. The Labute approximate surface area is 196 Å². The third-order valence-electron chi connectivity index (χ3n) is 9.41. The molecule has 0 radical (unpaired) electrons. The molecule has 2 saturated heterocycles. The van der Waals surface area contributed by atoms with Gasteiger partial charge in [0.2, 0.25) is 10.0 Å². The lowest BCUT2D eigenvalue weighted by molar-refractivity contribution is -0.145. The summed E-state index contributed by atoms with van der Waals surface area (Å²) in [5.41, 5.74) is 0.723. The topological polar surface area (TPSA) is 92.8 Å². The minimum Gasteiger partial charge on any atom is -0.469 e. The number of esters is 1. The van der Waals surface area contributed by atoms with Gasteiger partial charge < -0.3 is 10.1 Å². The number of methoxy groups -OCH3 is 1. The molecule has 6 atom stereocenters. The van der Waals surface area contributed by atoms with Crippen molar-refractivity contribution in [2.45, 2.75) is 70.5 Å². The summed E-state index contributed by atoms with van der Waals surface area (Å²) in [6.45, 7) is 4.35. The van der Waals surface area contributed by atoms with Crippen molar-refractivity contribution in [1.29, 1.82) is 0 Å². The number of nitrogens with one attached hydrogen (secondary N) is 1. The van der Waals surface area contributed by atoms with Gasteiger partial charge in [0.25, 0.3) is 5.91 Å². The van der Waals surface area contributed by atoms with Crippen molar-refractivity contribution in [3.05, 3.63) is 35.9 Å². The second-order valence-corrected chi connectivity index (χ2v) is 12.8. The molecule has 180 valence electrons. The summed E-state index contributed by atoms with van der Waals surface area (Å²) >= 11 is 0. The number of carbonyl (C=O) groups is 2. The summed E-state index contributed by atoms with van der Waals surface area (Å²) in [5, 5.41) is 3.33. The normalized spacial score (nSPS) is 37.8. The molecule has 1 aromatic carbocycles. The molecule has 1 aromatic rings. The van der Waals surface area contributed by atoms with Gasteiger partial charge in [0, 0.05) is 11.5 Å². The van der Waals surface area contributed by atoms with Crippen molar-refractivity contribution < 1.29 is 22.7 Å². The number of amides is 1. The van der Waals surface area contributed by atoms with Gasteiger partial charge in [0.15, 0.2) is 0 Å². The van der Waals surface area contributed by atoms with Crippen LogP contribution >= 0.6 is 0 Å². The molecule has 1 N–H and O–H groups in total. The van der Waals surface area contributed by atoms with E-state index in [0.717, 1.165) is 31.2 Å². The Morgan fingerprint density at radius 2 is 1.91 bits per heavy atom. The van der Waals surface area contributed by atoms with Gasteiger partial charge in [-0.3, -0.25) is 9.59 Å². The predicted octanol–water partition coefficient (Wildman–Crippen LogP) is 2.51. The zero-order chi connectivity index (χ0) is 23.6. The highest BCUT2D eigenvalue weighted by Gasteiger charge is 2.72. The average molecular weight is 475 g/mol. The van der Waals surface area contributed by atoms with E-state index in [1.54, 1.807) is 0 Å². The maximum absolute atomic E-state index is 13.7. The quantitative estimate of drug-likeness (QED) is 0.660. The molecular formula is C25H34N2O5S. The van der Waals surface area contributed by atoms with Gasteiger partial charge >= 0.3 is 5.97 Å². The summed E-state index contributed by atoms with van der Waals surface area (Å²) in [6, 6.07) is 8.81. The Hall–Kier alpha value is -1.93. The lowest BCUT2D eigenvalue weighted by Gasteiger charge is -2.37. The molecule has 0 aromatic heterocycles. The second-order valence-electron chi connectivity index (χ2n) is 11.0. The molecule has 2 aliphatic heterocycles. The molecule has 33 heavy (non-hydrogen) atoms. The summed E-state index contributed by atoms with van der Waals surface area (Å²) in [4.78, 5) is 26.2. The number of carbonyl (C=O) groups excluding carboxylic acids is 2. The van der Waals surface area contributed by atoms with Gasteiger partial charge in [0.05, 0.1) is 30.9 Å². The van der Waals surface area contributed by atoms with Gasteiger partial charge in [-0.05, 0) is 55.4 Å². The van der Waals surface area contributed by atoms with Crippen LogP contribution in [-0.2, 0) is 30.8 Å². The Balaban J connectivity index is 1.36. The number of aryl methyl sites for hydroxylation is 1.